The highest BCUT2D eigenvalue weighted by atomic mass is 19.1. The van der Waals surface area contributed by atoms with Crippen LogP contribution in [0.4, 0.5) is 4.39 Å². The zero-order chi connectivity index (χ0) is 23.8. The maximum Gasteiger partial charge on any atom is 0.316 e. The third-order valence-electron chi connectivity index (χ3n) is 6.94. The number of carbonyl (C=O) groups excluding carboxylic acids is 3. The number of nitrogens with one attached hydrogen (secondary N) is 1. The fraction of sp³-hybridized carbons (Fsp3) is 0.458. The predicted octanol–water partition coefficient (Wildman–Crippen LogP) is 1.76. The first-order valence-corrected chi connectivity index (χ1v) is 11.5. The smallest absolute Gasteiger partial charge is 0.316 e. The summed E-state index contributed by atoms with van der Waals surface area (Å²) in [5, 5.41) is 2.31. The summed E-state index contributed by atoms with van der Waals surface area (Å²) >= 11 is 0. The van der Waals surface area contributed by atoms with Gasteiger partial charge >= 0.3 is 6.01 Å². The van der Waals surface area contributed by atoms with E-state index in [1.54, 1.807) is 6.20 Å². The number of aromatic nitrogens is 2. The lowest BCUT2D eigenvalue weighted by Gasteiger charge is -2.33. The molecule has 178 valence electrons. The number of hydrogen-bond donors (Lipinski definition) is 1. The number of imide groups is 1. The third-order valence-corrected chi connectivity index (χ3v) is 6.94. The van der Waals surface area contributed by atoms with Crippen LogP contribution in [0.5, 0.6) is 6.01 Å². The van der Waals surface area contributed by atoms with Crippen LogP contribution < -0.4 is 10.1 Å². The molecule has 2 saturated heterocycles. The quantitative estimate of drug-likeness (QED) is 0.668. The number of hydrogen-bond acceptors (Lipinski definition) is 7. The molecule has 3 amide bonds. The van der Waals surface area contributed by atoms with Crippen molar-refractivity contribution in [1.82, 2.24) is 25.1 Å². The van der Waals surface area contributed by atoms with Gasteiger partial charge in [-0.3, -0.25) is 24.6 Å². The van der Waals surface area contributed by atoms with E-state index in [2.05, 4.69) is 20.2 Å². The van der Waals surface area contributed by atoms with E-state index in [0.29, 0.717) is 18.1 Å². The molecule has 4 heterocycles. The maximum absolute atomic E-state index is 14.6. The van der Waals surface area contributed by atoms with Crippen LogP contribution in [-0.2, 0) is 22.7 Å². The molecule has 9 nitrogen and oxygen atoms in total. The van der Waals surface area contributed by atoms with E-state index in [0.717, 1.165) is 42.8 Å². The predicted molar refractivity (Wildman–Crippen MR) is 118 cm³/mol. The molecule has 1 aromatic carbocycles. The van der Waals surface area contributed by atoms with Gasteiger partial charge in [-0.15, -0.1) is 0 Å². The number of halogens is 1. The topological polar surface area (TPSA) is 105 Å². The van der Waals surface area contributed by atoms with Crippen molar-refractivity contribution in [1.29, 1.82) is 0 Å². The van der Waals surface area contributed by atoms with Gasteiger partial charge in [0.2, 0.25) is 11.8 Å². The Morgan fingerprint density at radius 1 is 1.18 bits per heavy atom. The molecule has 2 fully saturated rings. The number of piperidine rings is 2. The molecule has 10 heteroatoms. The van der Waals surface area contributed by atoms with Crippen LogP contribution in [0.1, 0.15) is 58.8 Å². The molecule has 3 aliphatic rings. The fourth-order valence-corrected chi connectivity index (χ4v) is 5.21. The summed E-state index contributed by atoms with van der Waals surface area (Å²) < 4.78 is 19.6. The Morgan fingerprint density at radius 3 is 2.71 bits per heavy atom. The normalized spacial score (nSPS) is 21.5. The van der Waals surface area contributed by atoms with Crippen molar-refractivity contribution in [3.8, 4) is 6.01 Å². The van der Waals surface area contributed by atoms with Crippen LogP contribution in [0.2, 0.25) is 0 Å². The molecule has 5 rings (SSSR count). The van der Waals surface area contributed by atoms with Crippen LogP contribution in [0.25, 0.3) is 0 Å². The second-order valence-corrected chi connectivity index (χ2v) is 9.01. The van der Waals surface area contributed by atoms with Gasteiger partial charge in [-0.2, -0.15) is 4.98 Å². The van der Waals surface area contributed by atoms with Crippen molar-refractivity contribution < 1.29 is 23.5 Å². The molecule has 0 saturated carbocycles. The van der Waals surface area contributed by atoms with Gasteiger partial charge in [-0.1, -0.05) is 0 Å². The number of benzene rings is 1. The number of rotatable bonds is 5. The average Bonchev–Trinajstić information content (AvgIpc) is 3.15. The molecule has 1 aromatic heterocycles. The van der Waals surface area contributed by atoms with Crippen molar-refractivity contribution in [3.05, 3.63) is 52.6 Å². The number of amides is 3. The molecular formula is C24H26FN5O4. The van der Waals surface area contributed by atoms with Gasteiger partial charge < -0.3 is 9.64 Å². The molecule has 3 aliphatic heterocycles. The highest BCUT2D eigenvalue weighted by Crippen LogP contribution is 2.38. The Hall–Kier alpha value is -3.40. The summed E-state index contributed by atoms with van der Waals surface area (Å²) in [7, 11) is 1.54. The van der Waals surface area contributed by atoms with E-state index in [9.17, 15) is 18.8 Å². The van der Waals surface area contributed by atoms with Crippen molar-refractivity contribution in [2.75, 3.05) is 20.2 Å². The van der Waals surface area contributed by atoms with Crippen LogP contribution in [-0.4, -0.2) is 63.7 Å². The maximum atomic E-state index is 14.6. The van der Waals surface area contributed by atoms with Crippen molar-refractivity contribution in [2.45, 2.75) is 50.7 Å². The first kappa shape index (κ1) is 22.4. The second kappa shape index (κ2) is 9.09. The summed E-state index contributed by atoms with van der Waals surface area (Å²) in [5.74, 6) is -1.46. The zero-order valence-electron chi connectivity index (χ0n) is 18.9. The minimum absolute atomic E-state index is 0.121. The second-order valence-electron chi connectivity index (χ2n) is 9.01. The van der Waals surface area contributed by atoms with Gasteiger partial charge in [-0.25, -0.2) is 9.37 Å². The van der Waals surface area contributed by atoms with E-state index >= 15 is 0 Å². The lowest BCUT2D eigenvalue weighted by Crippen LogP contribution is -2.52. The molecular weight excluding hydrogens is 441 g/mol. The lowest BCUT2D eigenvalue weighted by molar-refractivity contribution is -0.136. The van der Waals surface area contributed by atoms with Crippen LogP contribution in [0.15, 0.2) is 24.4 Å². The molecule has 1 atom stereocenters. The zero-order valence-corrected chi connectivity index (χ0v) is 18.9. The summed E-state index contributed by atoms with van der Waals surface area (Å²) in [6.45, 7) is 2.56. The van der Waals surface area contributed by atoms with E-state index < -0.39 is 17.8 Å². The number of methoxy groups -OCH3 is 1. The molecule has 2 aromatic rings. The number of fused-ring (bicyclic) bond motifs is 1. The van der Waals surface area contributed by atoms with Crippen molar-refractivity contribution >= 4 is 17.7 Å². The SMILES string of the molecule is COc1nccc(CN2CCC(c3cc(F)cc4c3CN(C3CCC(=O)NC3=O)C4=O)CC2)n1. The number of likely N-dealkylation sites (tertiary alicyclic amines) is 1. The van der Waals surface area contributed by atoms with E-state index in [4.69, 9.17) is 4.74 Å². The lowest BCUT2D eigenvalue weighted by atomic mass is 9.85. The molecule has 0 spiro atoms. The van der Waals surface area contributed by atoms with Gasteiger partial charge in [-0.05, 0) is 67.6 Å². The van der Waals surface area contributed by atoms with Crippen LogP contribution >= 0.6 is 0 Å². The summed E-state index contributed by atoms with van der Waals surface area (Å²) in [6.07, 6.45) is 3.80. The Morgan fingerprint density at radius 2 is 1.97 bits per heavy atom. The van der Waals surface area contributed by atoms with Gasteiger partial charge in [0, 0.05) is 31.3 Å². The first-order chi connectivity index (χ1) is 16.4. The Kier molecular flexibility index (Phi) is 5.99. The summed E-state index contributed by atoms with van der Waals surface area (Å²) in [5.41, 5.74) is 2.86. The highest BCUT2D eigenvalue weighted by Gasteiger charge is 2.41. The van der Waals surface area contributed by atoms with Gasteiger partial charge in [0.05, 0.1) is 12.8 Å². The Balaban J connectivity index is 1.30. The van der Waals surface area contributed by atoms with Crippen molar-refractivity contribution in [2.24, 2.45) is 0 Å². The van der Waals surface area contributed by atoms with Crippen LogP contribution in [0.3, 0.4) is 0 Å². The molecule has 1 unspecified atom stereocenters. The molecule has 0 radical (unpaired) electrons. The van der Waals surface area contributed by atoms with Gasteiger partial charge in [0.25, 0.3) is 5.91 Å². The highest BCUT2D eigenvalue weighted by molar-refractivity contribution is 6.05. The summed E-state index contributed by atoms with van der Waals surface area (Å²) in [4.78, 5) is 49.1. The minimum atomic E-state index is -0.708. The Labute approximate surface area is 196 Å². The third kappa shape index (κ3) is 4.25. The van der Waals surface area contributed by atoms with E-state index in [-0.39, 0.29) is 37.1 Å². The largest absolute Gasteiger partial charge is 0.467 e. The molecule has 34 heavy (non-hydrogen) atoms. The number of ether oxygens (including phenoxy) is 1. The first-order valence-electron chi connectivity index (χ1n) is 11.5. The Bertz CT molecular complexity index is 1150. The monoisotopic (exact) mass is 467 g/mol. The molecule has 0 aliphatic carbocycles. The van der Waals surface area contributed by atoms with Gasteiger partial charge in [0.15, 0.2) is 0 Å². The average molecular weight is 468 g/mol. The van der Waals surface area contributed by atoms with Crippen LogP contribution in [0, 0.1) is 5.82 Å². The molecule has 0 bridgehead atoms. The summed E-state index contributed by atoms with van der Waals surface area (Å²) in [6, 6.07) is 4.30. The van der Waals surface area contributed by atoms with Gasteiger partial charge in [0.1, 0.15) is 11.9 Å². The van der Waals surface area contributed by atoms with E-state index in [1.807, 2.05) is 6.07 Å². The molecule has 1 N–H and O–H groups in total. The standard InChI is InChI=1S/C24H26FN5O4/c1-34-24-26-7-4-16(27-24)12-29-8-5-14(6-9-29)17-10-15(25)11-18-19(17)13-30(23(18)33)20-2-3-21(31)28-22(20)32/h4,7,10-11,14,20H,2-3,5-6,8-9,12-13H2,1H3,(H,28,31,32). The van der Waals surface area contributed by atoms with E-state index in [1.165, 1.54) is 24.1 Å². The fourth-order valence-electron chi connectivity index (χ4n) is 5.21. The number of carbonyl (C=O) groups is 3. The number of nitrogens with zero attached hydrogens (tertiary/aromatic N) is 4. The van der Waals surface area contributed by atoms with Crippen molar-refractivity contribution in [3.63, 3.8) is 0 Å². The minimum Gasteiger partial charge on any atom is -0.467 e.